The molecule has 122 valence electrons. The molecule has 1 heterocycles. The molecule has 1 aliphatic rings. The molecule has 5 nitrogen and oxygen atoms in total. The zero-order chi connectivity index (χ0) is 15.2. The SMILES string of the molecule is CNCCN(C)C(=O)CN1C(=O)CCCc2ccccc21.Cl. The Morgan fingerprint density at radius 3 is 2.77 bits per heavy atom. The average molecular weight is 326 g/mol. The van der Waals surface area contributed by atoms with E-state index in [1.54, 1.807) is 16.8 Å². The van der Waals surface area contributed by atoms with E-state index in [-0.39, 0.29) is 30.8 Å². The van der Waals surface area contributed by atoms with Crippen molar-refractivity contribution in [3.8, 4) is 0 Å². The first-order valence-electron chi connectivity index (χ1n) is 7.40. The Bertz CT molecular complexity index is 522. The van der Waals surface area contributed by atoms with Gasteiger partial charge in [-0.05, 0) is 31.5 Å². The zero-order valence-corrected chi connectivity index (χ0v) is 14.0. The number of amides is 2. The first kappa shape index (κ1) is 18.5. The molecule has 0 aliphatic carbocycles. The summed E-state index contributed by atoms with van der Waals surface area (Å²) in [6.07, 6.45) is 2.24. The molecule has 1 N–H and O–H groups in total. The van der Waals surface area contributed by atoms with Crippen LogP contribution in [0.4, 0.5) is 5.69 Å². The molecule has 0 atom stereocenters. The Morgan fingerprint density at radius 1 is 1.32 bits per heavy atom. The minimum atomic E-state index is -0.0321. The van der Waals surface area contributed by atoms with Gasteiger partial charge in [0, 0.05) is 32.2 Å². The number of nitrogens with one attached hydrogen (secondary N) is 1. The van der Waals surface area contributed by atoms with Gasteiger partial charge in [-0.1, -0.05) is 18.2 Å². The fourth-order valence-corrected chi connectivity index (χ4v) is 2.52. The van der Waals surface area contributed by atoms with Crippen molar-refractivity contribution in [1.29, 1.82) is 0 Å². The van der Waals surface area contributed by atoms with Crippen LogP contribution in [-0.4, -0.2) is 50.4 Å². The van der Waals surface area contributed by atoms with Crippen molar-refractivity contribution < 1.29 is 9.59 Å². The van der Waals surface area contributed by atoms with Gasteiger partial charge >= 0.3 is 0 Å². The molecule has 0 saturated carbocycles. The van der Waals surface area contributed by atoms with Gasteiger partial charge in [-0.25, -0.2) is 0 Å². The predicted molar refractivity (Wildman–Crippen MR) is 90.5 cm³/mol. The van der Waals surface area contributed by atoms with E-state index in [1.165, 1.54) is 0 Å². The second-order valence-electron chi connectivity index (χ2n) is 5.38. The number of para-hydroxylation sites is 1. The Morgan fingerprint density at radius 2 is 2.05 bits per heavy atom. The molecular formula is C16H24ClN3O2. The third-order valence-corrected chi connectivity index (χ3v) is 3.84. The molecule has 0 radical (unpaired) electrons. The summed E-state index contributed by atoms with van der Waals surface area (Å²) >= 11 is 0. The number of anilines is 1. The van der Waals surface area contributed by atoms with Crippen LogP contribution < -0.4 is 10.2 Å². The van der Waals surface area contributed by atoms with Crippen LogP contribution in [0.5, 0.6) is 0 Å². The van der Waals surface area contributed by atoms with Crippen LogP contribution in [0, 0.1) is 0 Å². The Balaban J connectivity index is 0.00000242. The van der Waals surface area contributed by atoms with Crippen LogP contribution in [-0.2, 0) is 16.0 Å². The smallest absolute Gasteiger partial charge is 0.242 e. The molecule has 22 heavy (non-hydrogen) atoms. The number of benzene rings is 1. The highest BCUT2D eigenvalue weighted by atomic mass is 35.5. The zero-order valence-electron chi connectivity index (χ0n) is 13.2. The van der Waals surface area contributed by atoms with Gasteiger partial charge in [0.15, 0.2) is 0 Å². The maximum absolute atomic E-state index is 12.3. The van der Waals surface area contributed by atoms with Gasteiger partial charge < -0.3 is 15.1 Å². The molecule has 1 aliphatic heterocycles. The maximum Gasteiger partial charge on any atom is 0.242 e. The van der Waals surface area contributed by atoms with E-state index in [9.17, 15) is 9.59 Å². The molecule has 2 amide bonds. The maximum atomic E-state index is 12.3. The molecule has 2 rings (SSSR count). The fraction of sp³-hybridized carbons (Fsp3) is 0.500. The largest absolute Gasteiger partial charge is 0.343 e. The highest BCUT2D eigenvalue weighted by Gasteiger charge is 2.24. The number of rotatable bonds is 5. The molecule has 0 bridgehead atoms. The molecule has 0 saturated heterocycles. The molecule has 0 unspecified atom stereocenters. The number of halogens is 1. The molecule has 0 aromatic heterocycles. The van der Waals surface area contributed by atoms with Gasteiger partial charge in [-0.15, -0.1) is 12.4 Å². The van der Waals surface area contributed by atoms with Gasteiger partial charge in [0.2, 0.25) is 11.8 Å². The van der Waals surface area contributed by atoms with Gasteiger partial charge in [-0.3, -0.25) is 9.59 Å². The Kier molecular flexibility index (Phi) is 7.35. The summed E-state index contributed by atoms with van der Waals surface area (Å²) in [6.45, 7) is 1.50. The summed E-state index contributed by atoms with van der Waals surface area (Å²) in [7, 11) is 3.63. The van der Waals surface area contributed by atoms with Crippen molar-refractivity contribution in [3.05, 3.63) is 29.8 Å². The number of aryl methyl sites for hydroxylation is 1. The lowest BCUT2D eigenvalue weighted by Gasteiger charge is -2.25. The number of hydrogen-bond acceptors (Lipinski definition) is 3. The monoisotopic (exact) mass is 325 g/mol. The van der Waals surface area contributed by atoms with Gasteiger partial charge in [0.25, 0.3) is 0 Å². The van der Waals surface area contributed by atoms with Gasteiger partial charge in [0.05, 0.1) is 0 Å². The molecule has 1 aromatic carbocycles. The third kappa shape index (κ3) is 4.45. The molecular weight excluding hydrogens is 302 g/mol. The van der Waals surface area contributed by atoms with E-state index in [1.807, 2.05) is 31.3 Å². The van der Waals surface area contributed by atoms with E-state index in [4.69, 9.17) is 0 Å². The lowest BCUT2D eigenvalue weighted by molar-refractivity contribution is -0.130. The van der Waals surface area contributed by atoms with Crippen LogP contribution in [0.25, 0.3) is 0 Å². The molecule has 0 spiro atoms. The standard InChI is InChI=1S/C16H23N3O2.ClH/c1-17-10-11-18(2)16(21)12-19-14-8-4-3-6-13(14)7-5-9-15(19)20;/h3-4,6,8,17H,5,7,9-12H2,1-2H3;1H. The van der Waals surface area contributed by atoms with Crippen molar-refractivity contribution in [3.63, 3.8) is 0 Å². The van der Waals surface area contributed by atoms with Crippen LogP contribution in [0.2, 0.25) is 0 Å². The second kappa shape index (κ2) is 8.76. The first-order valence-corrected chi connectivity index (χ1v) is 7.40. The lowest BCUT2D eigenvalue weighted by Crippen LogP contribution is -2.43. The summed E-state index contributed by atoms with van der Waals surface area (Å²) < 4.78 is 0. The van der Waals surface area contributed by atoms with E-state index in [2.05, 4.69) is 5.32 Å². The van der Waals surface area contributed by atoms with Crippen molar-refractivity contribution in [1.82, 2.24) is 10.2 Å². The molecule has 6 heteroatoms. The lowest BCUT2D eigenvalue weighted by atomic mass is 10.1. The van der Waals surface area contributed by atoms with E-state index in [0.717, 1.165) is 30.6 Å². The summed E-state index contributed by atoms with van der Waals surface area (Å²) in [5.74, 6) is 0.00520. The number of nitrogens with zero attached hydrogens (tertiary/aromatic N) is 2. The van der Waals surface area contributed by atoms with Crippen LogP contribution >= 0.6 is 12.4 Å². The quantitative estimate of drug-likeness (QED) is 0.891. The molecule has 0 fully saturated rings. The highest BCUT2D eigenvalue weighted by Crippen LogP contribution is 2.26. The topological polar surface area (TPSA) is 52.7 Å². The number of carbonyl (C=O) groups is 2. The Labute approximate surface area is 138 Å². The number of hydrogen-bond donors (Lipinski definition) is 1. The van der Waals surface area contributed by atoms with Gasteiger partial charge in [0.1, 0.15) is 6.54 Å². The van der Waals surface area contributed by atoms with Crippen molar-refractivity contribution >= 4 is 29.9 Å². The number of carbonyl (C=O) groups excluding carboxylic acids is 2. The normalized spacial score (nSPS) is 13.9. The fourth-order valence-electron chi connectivity index (χ4n) is 2.52. The predicted octanol–water partition coefficient (Wildman–Crippen LogP) is 1.46. The van der Waals surface area contributed by atoms with E-state index >= 15 is 0 Å². The second-order valence-corrected chi connectivity index (χ2v) is 5.38. The van der Waals surface area contributed by atoms with Crippen molar-refractivity contribution in [2.45, 2.75) is 19.3 Å². The minimum absolute atomic E-state index is 0. The van der Waals surface area contributed by atoms with Gasteiger partial charge in [-0.2, -0.15) is 0 Å². The average Bonchev–Trinajstić information content (AvgIpc) is 2.64. The summed E-state index contributed by atoms with van der Waals surface area (Å²) in [5, 5.41) is 3.02. The van der Waals surface area contributed by atoms with Crippen molar-refractivity contribution in [2.24, 2.45) is 0 Å². The van der Waals surface area contributed by atoms with Crippen LogP contribution in [0.1, 0.15) is 18.4 Å². The molecule has 1 aromatic rings. The van der Waals surface area contributed by atoms with Crippen LogP contribution in [0.15, 0.2) is 24.3 Å². The Hall–Kier alpha value is -1.59. The van der Waals surface area contributed by atoms with Crippen LogP contribution in [0.3, 0.4) is 0 Å². The summed E-state index contributed by atoms with van der Waals surface area (Å²) in [5.41, 5.74) is 2.03. The third-order valence-electron chi connectivity index (χ3n) is 3.84. The first-order chi connectivity index (χ1) is 10.1. The number of likely N-dealkylation sites (N-methyl/N-ethyl adjacent to an activating group) is 2. The highest BCUT2D eigenvalue weighted by molar-refractivity contribution is 5.99. The van der Waals surface area contributed by atoms with E-state index < -0.39 is 0 Å². The number of fused-ring (bicyclic) bond motifs is 1. The minimum Gasteiger partial charge on any atom is -0.343 e. The van der Waals surface area contributed by atoms with E-state index in [0.29, 0.717) is 13.0 Å². The summed E-state index contributed by atoms with van der Waals surface area (Å²) in [6, 6.07) is 7.86. The van der Waals surface area contributed by atoms with Crippen molar-refractivity contribution in [2.75, 3.05) is 38.6 Å². The summed E-state index contributed by atoms with van der Waals surface area (Å²) in [4.78, 5) is 27.9.